The Labute approximate surface area is 159 Å². The average Bonchev–Trinajstić information content (AvgIpc) is 3.26. The SMILES string of the molecule is Cl.Cl.NC1CCC(C(=O)Nc2ccc3nc(C4CCCO4)[nH]c3c2)C1. The highest BCUT2D eigenvalue weighted by Gasteiger charge is 2.28. The highest BCUT2D eigenvalue weighted by molar-refractivity contribution is 5.94. The molecule has 1 saturated carbocycles. The second-order valence-electron chi connectivity index (χ2n) is 6.61. The molecule has 4 N–H and O–H groups in total. The number of carbonyl (C=O) groups excluding carboxylic acids is 1. The Morgan fingerprint density at radius 1 is 1.28 bits per heavy atom. The lowest BCUT2D eigenvalue weighted by atomic mass is 10.1. The number of rotatable bonds is 3. The van der Waals surface area contributed by atoms with Gasteiger partial charge in [-0.15, -0.1) is 24.8 Å². The van der Waals surface area contributed by atoms with Crippen LogP contribution in [-0.4, -0.2) is 28.5 Å². The summed E-state index contributed by atoms with van der Waals surface area (Å²) in [4.78, 5) is 20.2. The number of nitrogens with zero attached hydrogens (tertiary/aromatic N) is 1. The van der Waals surface area contributed by atoms with E-state index in [1.165, 1.54) is 0 Å². The first-order valence-corrected chi connectivity index (χ1v) is 8.37. The number of aromatic nitrogens is 2. The van der Waals surface area contributed by atoms with Crippen molar-refractivity contribution in [2.24, 2.45) is 11.7 Å². The number of hydrogen-bond donors (Lipinski definition) is 3. The zero-order valence-electron chi connectivity index (χ0n) is 13.9. The van der Waals surface area contributed by atoms with Crippen LogP contribution in [0.15, 0.2) is 18.2 Å². The van der Waals surface area contributed by atoms with Crippen LogP contribution in [0.2, 0.25) is 0 Å². The Morgan fingerprint density at radius 3 is 2.80 bits per heavy atom. The number of imidazole rings is 1. The number of amides is 1. The highest BCUT2D eigenvalue weighted by Crippen LogP contribution is 2.29. The van der Waals surface area contributed by atoms with Crippen LogP contribution >= 0.6 is 24.8 Å². The molecule has 3 atom stereocenters. The molecular weight excluding hydrogens is 363 g/mol. The van der Waals surface area contributed by atoms with Gasteiger partial charge in [-0.05, 0) is 50.3 Å². The summed E-state index contributed by atoms with van der Waals surface area (Å²) in [6, 6.07) is 5.93. The van der Waals surface area contributed by atoms with Gasteiger partial charge in [0, 0.05) is 24.3 Å². The summed E-state index contributed by atoms with van der Waals surface area (Å²) in [6.45, 7) is 0.798. The van der Waals surface area contributed by atoms with Crippen molar-refractivity contribution in [2.45, 2.75) is 44.2 Å². The molecule has 6 nitrogen and oxygen atoms in total. The zero-order valence-corrected chi connectivity index (χ0v) is 15.5. The fourth-order valence-corrected chi connectivity index (χ4v) is 3.55. The van der Waals surface area contributed by atoms with Crippen LogP contribution in [0.4, 0.5) is 5.69 Å². The monoisotopic (exact) mass is 386 g/mol. The maximum Gasteiger partial charge on any atom is 0.227 e. The number of nitrogens with one attached hydrogen (secondary N) is 2. The number of carbonyl (C=O) groups is 1. The third-order valence-corrected chi connectivity index (χ3v) is 4.85. The van der Waals surface area contributed by atoms with Crippen molar-refractivity contribution in [3.8, 4) is 0 Å². The molecule has 2 fully saturated rings. The zero-order chi connectivity index (χ0) is 15.8. The van der Waals surface area contributed by atoms with Gasteiger partial charge >= 0.3 is 0 Å². The molecule has 0 bridgehead atoms. The number of ether oxygens (including phenoxy) is 1. The van der Waals surface area contributed by atoms with E-state index >= 15 is 0 Å². The molecule has 1 aliphatic heterocycles. The topological polar surface area (TPSA) is 93.0 Å². The molecule has 1 amide bonds. The van der Waals surface area contributed by atoms with E-state index in [1.54, 1.807) is 0 Å². The van der Waals surface area contributed by atoms with Crippen molar-refractivity contribution in [1.29, 1.82) is 0 Å². The summed E-state index contributed by atoms with van der Waals surface area (Å²) in [6.07, 6.45) is 4.74. The summed E-state index contributed by atoms with van der Waals surface area (Å²) in [5.74, 6) is 0.976. The van der Waals surface area contributed by atoms with Crippen LogP contribution in [0.3, 0.4) is 0 Å². The largest absolute Gasteiger partial charge is 0.370 e. The Morgan fingerprint density at radius 2 is 2.12 bits per heavy atom. The molecule has 1 aliphatic carbocycles. The molecule has 25 heavy (non-hydrogen) atoms. The molecule has 0 radical (unpaired) electrons. The average molecular weight is 387 g/mol. The Kier molecular flexibility index (Phi) is 6.68. The second-order valence-corrected chi connectivity index (χ2v) is 6.61. The first-order chi connectivity index (χ1) is 11.2. The number of fused-ring (bicyclic) bond motifs is 1. The summed E-state index contributed by atoms with van der Waals surface area (Å²) in [5, 5.41) is 3.00. The van der Waals surface area contributed by atoms with Gasteiger partial charge in [0.2, 0.25) is 5.91 Å². The number of anilines is 1. The van der Waals surface area contributed by atoms with Gasteiger partial charge in [0.15, 0.2) is 0 Å². The van der Waals surface area contributed by atoms with E-state index in [9.17, 15) is 4.79 Å². The normalized spacial score (nSPS) is 25.4. The van der Waals surface area contributed by atoms with Crippen LogP contribution in [0, 0.1) is 5.92 Å². The van der Waals surface area contributed by atoms with Gasteiger partial charge in [-0.1, -0.05) is 0 Å². The van der Waals surface area contributed by atoms with Crippen molar-refractivity contribution in [2.75, 3.05) is 11.9 Å². The molecule has 2 aromatic rings. The number of H-pyrrole nitrogens is 1. The predicted octanol–water partition coefficient (Wildman–Crippen LogP) is 3.32. The molecule has 1 aromatic heterocycles. The number of nitrogens with two attached hydrogens (primary N) is 1. The van der Waals surface area contributed by atoms with Crippen LogP contribution in [0.1, 0.15) is 44.0 Å². The molecular formula is C17H24Cl2N4O2. The lowest BCUT2D eigenvalue weighted by molar-refractivity contribution is -0.119. The summed E-state index contributed by atoms with van der Waals surface area (Å²) in [5.41, 5.74) is 8.51. The van der Waals surface area contributed by atoms with Crippen LogP contribution in [0.5, 0.6) is 0 Å². The number of halogens is 2. The van der Waals surface area contributed by atoms with Crippen molar-refractivity contribution < 1.29 is 9.53 Å². The van der Waals surface area contributed by atoms with Crippen molar-refractivity contribution in [3.05, 3.63) is 24.0 Å². The van der Waals surface area contributed by atoms with Gasteiger partial charge in [-0.25, -0.2) is 4.98 Å². The predicted molar refractivity (Wildman–Crippen MR) is 102 cm³/mol. The second kappa shape index (κ2) is 8.36. The Hall–Kier alpha value is -1.34. The maximum atomic E-state index is 12.3. The Bertz CT molecular complexity index is 731. The third-order valence-electron chi connectivity index (χ3n) is 4.85. The molecule has 4 rings (SSSR count). The molecule has 1 saturated heterocycles. The lowest BCUT2D eigenvalue weighted by Gasteiger charge is -2.10. The van der Waals surface area contributed by atoms with Crippen molar-refractivity contribution in [3.63, 3.8) is 0 Å². The molecule has 138 valence electrons. The van der Waals surface area contributed by atoms with Gasteiger partial charge in [-0.3, -0.25) is 4.79 Å². The molecule has 8 heteroatoms. The fourth-order valence-electron chi connectivity index (χ4n) is 3.55. The van der Waals surface area contributed by atoms with E-state index in [4.69, 9.17) is 10.5 Å². The van der Waals surface area contributed by atoms with Crippen molar-refractivity contribution in [1.82, 2.24) is 9.97 Å². The van der Waals surface area contributed by atoms with E-state index in [-0.39, 0.29) is 48.8 Å². The van der Waals surface area contributed by atoms with E-state index in [1.807, 2.05) is 18.2 Å². The molecule has 3 unspecified atom stereocenters. The van der Waals surface area contributed by atoms with Crippen LogP contribution < -0.4 is 11.1 Å². The summed E-state index contributed by atoms with van der Waals surface area (Å²) in [7, 11) is 0. The molecule has 0 spiro atoms. The minimum atomic E-state index is 0. The minimum Gasteiger partial charge on any atom is -0.370 e. The summed E-state index contributed by atoms with van der Waals surface area (Å²) < 4.78 is 5.67. The number of hydrogen-bond acceptors (Lipinski definition) is 4. The molecule has 1 aromatic carbocycles. The first kappa shape index (κ1) is 20.0. The number of benzene rings is 1. The lowest BCUT2D eigenvalue weighted by Crippen LogP contribution is -2.23. The van der Waals surface area contributed by atoms with Crippen LogP contribution in [-0.2, 0) is 9.53 Å². The van der Waals surface area contributed by atoms with Crippen LogP contribution in [0.25, 0.3) is 11.0 Å². The van der Waals surface area contributed by atoms with Gasteiger partial charge in [0.1, 0.15) is 11.9 Å². The third kappa shape index (κ3) is 4.26. The summed E-state index contributed by atoms with van der Waals surface area (Å²) >= 11 is 0. The standard InChI is InChI=1S/C17H22N4O2.2ClH/c18-11-4-3-10(8-11)17(22)19-12-5-6-13-14(9-12)21-16(20-13)15-2-1-7-23-15;;/h5-6,9-11,15H,1-4,7-8,18H2,(H,19,22)(H,20,21);2*1H. The van der Waals surface area contributed by atoms with Gasteiger partial charge in [0.05, 0.1) is 11.0 Å². The van der Waals surface area contributed by atoms with Gasteiger partial charge < -0.3 is 20.8 Å². The number of aromatic amines is 1. The van der Waals surface area contributed by atoms with Crippen molar-refractivity contribution >= 4 is 47.4 Å². The smallest absolute Gasteiger partial charge is 0.227 e. The minimum absolute atomic E-state index is 0. The van der Waals surface area contributed by atoms with E-state index in [0.29, 0.717) is 0 Å². The quantitative estimate of drug-likeness (QED) is 0.753. The van der Waals surface area contributed by atoms with E-state index in [2.05, 4.69) is 15.3 Å². The molecule has 2 aliphatic rings. The van der Waals surface area contributed by atoms with E-state index in [0.717, 1.165) is 61.3 Å². The van der Waals surface area contributed by atoms with Gasteiger partial charge in [0.25, 0.3) is 0 Å². The first-order valence-electron chi connectivity index (χ1n) is 8.37. The van der Waals surface area contributed by atoms with E-state index < -0.39 is 0 Å². The van der Waals surface area contributed by atoms with Gasteiger partial charge in [-0.2, -0.15) is 0 Å². The maximum absolute atomic E-state index is 12.3. The highest BCUT2D eigenvalue weighted by atomic mass is 35.5. The fraction of sp³-hybridized carbons (Fsp3) is 0.529. The molecule has 2 heterocycles. The Balaban J connectivity index is 0.00000113.